The molecule has 0 spiro atoms. The number of benzene rings is 2. The van der Waals surface area contributed by atoms with Crippen LogP contribution in [0.1, 0.15) is 84.9 Å². The van der Waals surface area contributed by atoms with Crippen molar-refractivity contribution < 1.29 is 37.3 Å². The smallest absolute Gasteiger partial charge is 0.256 e. The number of carbonyl (C=O) groups excluding carboxylic acids is 2. The third-order valence-electron chi connectivity index (χ3n) is 9.46. The quantitative estimate of drug-likeness (QED) is 0.194. The lowest BCUT2D eigenvalue weighted by Crippen LogP contribution is -2.35. The van der Waals surface area contributed by atoms with Crippen molar-refractivity contribution in [3.63, 3.8) is 0 Å². The first-order chi connectivity index (χ1) is 23.4. The van der Waals surface area contributed by atoms with Gasteiger partial charge in [-0.3, -0.25) is 19.6 Å². The number of hydrogen-bond donors (Lipinski definition) is 0. The van der Waals surface area contributed by atoms with Crippen LogP contribution < -0.4 is 18.9 Å². The maximum absolute atomic E-state index is 13.9. The highest BCUT2D eigenvalue weighted by molar-refractivity contribution is 6.04. The molecule has 0 aromatic heterocycles. The number of fused-ring (bicyclic) bond motifs is 4. The third kappa shape index (κ3) is 7.42. The van der Waals surface area contributed by atoms with Crippen LogP contribution in [-0.4, -0.2) is 99.0 Å². The molecule has 48 heavy (non-hydrogen) atoms. The molecule has 2 fully saturated rings. The molecule has 2 saturated heterocycles. The zero-order valence-corrected chi connectivity index (χ0v) is 27.7. The van der Waals surface area contributed by atoms with Crippen LogP contribution in [0, 0.1) is 0 Å². The fourth-order valence-corrected chi connectivity index (χ4v) is 6.85. The predicted octanol–water partition coefficient (Wildman–Crippen LogP) is 6.82. The lowest BCUT2D eigenvalue weighted by atomic mass is 10.1. The molecule has 12 heteroatoms. The summed E-state index contributed by atoms with van der Waals surface area (Å²) >= 11 is 0. The molecule has 4 atom stereocenters. The summed E-state index contributed by atoms with van der Waals surface area (Å²) in [5, 5.41) is 0. The Balaban J connectivity index is 0.868. The molecule has 0 unspecified atom stereocenters. The van der Waals surface area contributed by atoms with E-state index >= 15 is 0 Å². The van der Waals surface area contributed by atoms with Crippen LogP contribution in [0.4, 0.5) is 20.2 Å². The number of carbonyl (C=O) groups is 2. The second kappa shape index (κ2) is 15.3. The summed E-state index contributed by atoms with van der Waals surface area (Å²) in [6.07, 6.45) is 10.2. The van der Waals surface area contributed by atoms with Gasteiger partial charge in [0.1, 0.15) is 12.3 Å². The monoisotopic (exact) mass is 666 g/mol. The van der Waals surface area contributed by atoms with Crippen LogP contribution in [0.2, 0.25) is 0 Å². The lowest BCUT2D eigenvalue weighted by molar-refractivity contribution is 0.0758. The highest BCUT2D eigenvalue weighted by Crippen LogP contribution is 2.40. The molecule has 258 valence electrons. The zero-order chi connectivity index (χ0) is 33.6. The fraction of sp³-hybridized carbons (Fsp3) is 0.556. The first-order valence-electron chi connectivity index (χ1n) is 17.0. The van der Waals surface area contributed by atoms with E-state index in [2.05, 4.69) is 9.98 Å². The Kier molecular flexibility index (Phi) is 10.8. The van der Waals surface area contributed by atoms with Crippen LogP contribution in [-0.2, 0) is 0 Å². The van der Waals surface area contributed by atoms with Crippen LogP contribution >= 0.6 is 0 Å². The van der Waals surface area contributed by atoms with Crippen LogP contribution in [0.15, 0.2) is 34.3 Å². The fourth-order valence-electron chi connectivity index (χ4n) is 6.85. The Hall–Kier alpha value is -4.22. The molecule has 4 heterocycles. The summed E-state index contributed by atoms with van der Waals surface area (Å²) < 4.78 is 50.8. The second-order valence-corrected chi connectivity index (χ2v) is 12.8. The second-order valence-electron chi connectivity index (χ2n) is 12.8. The van der Waals surface area contributed by atoms with E-state index in [1.807, 2.05) is 0 Å². The minimum absolute atomic E-state index is 0.0849. The Morgan fingerprint density at radius 3 is 1.42 bits per heavy atom. The number of alkyl halides is 2. The summed E-state index contributed by atoms with van der Waals surface area (Å²) in [5.74, 6) is 1.58. The van der Waals surface area contributed by atoms with E-state index in [0.717, 1.165) is 51.4 Å². The van der Waals surface area contributed by atoms with Gasteiger partial charge in [0, 0.05) is 37.4 Å². The van der Waals surface area contributed by atoms with E-state index in [1.165, 1.54) is 24.0 Å². The first kappa shape index (κ1) is 33.7. The highest BCUT2D eigenvalue weighted by Gasteiger charge is 2.39. The van der Waals surface area contributed by atoms with E-state index in [9.17, 15) is 18.4 Å². The van der Waals surface area contributed by atoms with Crippen molar-refractivity contribution in [1.29, 1.82) is 0 Å². The molecule has 2 aromatic carbocycles. The predicted molar refractivity (Wildman–Crippen MR) is 179 cm³/mol. The van der Waals surface area contributed by atoms with Gasteiger partial charge in [-0.25, -0.2) is 8.78 Å². The normalized spacial score (nSPS) is 22.5. The van der Waals surface area contributed by atoms with Crippen molar-refractivity contribution in [2.24, 2.45) is 9.98 Å². The number of rotatable bonds is 15. The van der Waals surface area contributed by atoms with Crippen molar-refractivity contribution in [1.82, 2.24) is 9.80 Å². The number of halogens is 2. The summed E-state index contributed by atoms with van der Waals surface area (Å²) in [6, 6.07) is 6.13. The number of amides is 2. The number of ether oxygens (including phenoxy) is 4. The average molecular weight is 667 g/mol. The third-order valence-corrected chi connectivity index (χ3v) is 9.46. The van der Waals surface area contributed by atoms with Gasteiger partial charge in [0.15, 0.2) is 23.0 Å². The molecule has 2 amide bonds. The summed E-state index contributed by atoms with van der Waals surface area (Å²) in [4.78, 5) is 38.1. The van der Waals surface area contributed by atoms with Crippen LogP contribution in [0.3, 0.4) is 0 Å². The Bertz CT molecular complexity index is 1440. The first-order valence-corrected chi connectivity index (χ1v) is 17.0. The van der Waals surface area contributed by atoms with Gasteiger partial charge in [-0.1, -0.05) is 38.5 Å². The van der Waals surface area contributed by atoms with Crippen molar-refractivity contribution in [2.75, 3.05) is 40.5 Å². The molecule has 0 saturated carbocycles. The number of unbranched alkanes of at least 4 members (excludes halogenated alkanes) is 7. The van der Waals surface area contributed by atoms with Crippen molar-refractivity contribution in [3.8, 4) is 23.0 Å². The molecular formula is C36H44F2N4O6. The van der Waals surface area contributed by atoms with Crippen LogP contribution in [0.5, 0.6) is 23.0 Å². The van der Waals surface area contributed by atoms with E-state index < -0.39 is 12.3 Å². The van der Waals surface area contributed by atoms with Gasteiger partial charge in [-0.2, -0.15) is 0 Å². The SMILES string of the molecule is COc1cc2c(cc1OCCCCCCCCCCOc1cc3c(cc1OC)C(=O)N1C[C@@H](F)C[C@H]1C=N3)N=C[C@@H]1C[C@H](F)CN1C2=O. The zero-order valence-electron chi connectivity index (χ0n) is 27.7. The molecule has 0 bridgehead atoms. The Morgan fingerprint density at radius 2 is 1.02 bits per heavy atom. The van der Waals surface area contributed by atoms with E-state index in [1.54, 1.807) is 36.7 Å². The number of aliphatic imine (C=N–C) groups is 2. The molecule has 0 N–H and O–H groups in total. The van der Waals surface area contributed by atoms with Gasteiger partial charge in [-0.15, -0.1) is 0 Å². The van der Waals surface area contributed by atoms with Crippen LogP contribution in [0.25, 0.3) is 0 Å². The summed E-state index contributed by atoms with van der Waals surface area (Å²) in [5.41, 5.74) is 1.85. The topological polar surface area (TPSA) is 102 Å². The Morgan fingerprint density at radius 1 is 0.625 bits per heavy atom. The van der Waals surface area contributed by atoms with E-state index in [4.69, 9.17) is 18.9 Å². The Labute approximate surface area is 280 Å². The summed E-state index contributed by atoms with van der Waals surface area (Å²) in [6.45, 7) is 1.24. The minimum Gasteiger partial charge on any atom is -0.493 e. The molecule has 6 rings (SSSR count). The van der Waals surface area contributed by atoms with Crippen molar-refractivity contribution in [2.45, 2.75) is 88.6 Å². The lowest BCUT2D eigenvalue weighted by Gasteiger charge is -2.20. The molecule has 4 aliphatic rings. The van der Waals surface area contributed by atoms with E-state index in [0.29, 0.717) is 58.7 Å². The van der Waals surface area contributed by atoms with Crippen molar-refractivity contribution in [3.05, 3.63) is 35.4 Å². The van der Waals surface area contributed by atoms with Gasteiger partial charge in [0.2, 0.25) is 0 Å². The van der Waals surface area contributed by atoms with Crippen molar-refractivity contribution >= 4 is 35.6 Å². The van der Waals surface area contributed by atoms with Gasteiger partial charge >= 0.3 is 0 Å². The molecule has 0 aliphatic carbocycles. The van der Waals surface area contributed by atoms with E-state index in [-0.39, 0.29) is 49.8 Å². The molecule has 4 aliphatic heterocycles. The minimum atomic E-state index is -1.03. The molecular weight excluding hydrogens is 622 g/mol. The number of hydrogen-bond acceptors (Lipinski definition) is 8. The maximum Gasteiger partial charge on any atom is 0.256 e. The van der Waals surface area contributed by atoms with Gasteiger partial charge in [0.25, 0.3) is 11.8 Å². The average Bonchev–Trinajstić information content (AvgIpc) is 3.60. The van der Waals surface area contributed by atoms with Gasteiger partial charge < -0.3 is 28.7 Å². The van der Waals surface area contributed by atoms with Gasteiger partial charge in [-0.05, 0) is 25.0 Å². The molecule has 10 nitrogen and oxygen atoms in total. The maximum atomic E-state index is 13.9. The van der Waals surface area contributed by atoms with Gasteiger partial charge in [0.05, 0.1) is 75.1 Å². The highest BCUT2D eigenvalue weighted by atomic mass is 19.1. The largest absolute Gasteiger partial charge is 0.493 e. The molecule has 2 aromatic rings. The number of nitrogens with zero attached hydrogens (tertiary/aromatic N) is 4. The molecule has 0 radical (unpaired) electrons. The summed E-state index contributed by atoms with van der Waals surface area (Å²) in [7, 11) is 3.08. The standard InChI is InChI=1S/C36H44F2N4O6/c1-45-31-15-27-29(39-19-25-13-23(37)21-41(25)35(27)43)17-33(31)47-11-9-7-5-3-4-6-8-10-12-48-34-18-30-28(16-32(34)46-2)36(44)42-22-24(38)14-26(42)20-40-30/h15-20,23-26H,3-14,21-22H2,1-2H3/t23-,24-,25-,26-/m0/s1. The number of methoxy groups -OCH3 is 2.